The third-order valence-electron chi connectivity index (χ3n) is 4.48. The van der Waals surface area contributed by atoms with Gasteiger partial charge in [-0.1, -0.05) is 42.0 Å². The van der Waals surface area contributed by atoms with E-state index in [0.29, 0.717) is 13.2 Å². The molecule has 0 saturated carbocycles. The van der Waals surface area contributed by atoms with Crippen LogP contribution in [0.3, 0.4) is 0 Å². The quantitative estimate of drug-likeness (QED) is 0.894. The monoisotopic (exact) mass is 255 g/mol. The van der Waals surface area contributed by atoms with E-state index in [4.69, 9.17) is 10.5 Å². The van der Waals surface area contributed by atoms with Crippen LogP contribution in [0.1, 0.15) is 25.0 Å². The number of nitrogens with two attached hydrogens (primary N) is 1. The molecule has 2 heteroatoms. The van der Waals surface area contributed by atoms with Gasteiger partial charge in [-0.25, -0.2) is 0 Å². The van der Waals surface area contributed by atoms with Crippen molar-refractivity contribution in [1.29, 1.82) is 0 Å². The maximum absolute atomic E-state index is 6.40. The van der Waals surface area contributed by atoms with Crippen molar-refractivity contribution in [2.45, 2.75) is 31.7 Å². The second-order valence-corrected chi connectivity index (χ2v) is 6.36. The molecular formula is C17H21NO. The first-order valence-electron chi connectivity index (χ1n) is 6.80. The lowest BCUT2D eigenvalue weighted by Crippen LogP contribution is -2.64. The molecule has 0 amide bonds. The van der Waals surface area contributed by atoms with Gasteiger partial charge < -0.3 is 10.5 Å². The zero-order valence-corrected chi connectivity index (χ0v) is 11.9. The summed E-state index contributed by atoms with van der Waals surface area (Å²) in [5.74, 6) is 0. The molecule has 2 nitrogen and oxygen atoms in total. The topological polar surface area (TPSA) is 35.2 Å². The number of benzene rings is 2. The van der Waals surface area contributed by atoms with Crippen LogP contribution in [-0.2, 0) is 10.2 Å². The average molecular weight is 255 g/mol. The normalized spacial score (nSPS) is 18.3. The van der Waals surface area contributed by atoms with Crippen LogP contribution in [0.5, 0.6) is 0 Å². The Morgan fingerprint density at radius 1 is 1.05 bits per heavy atom. The minimum atomic E-state index is -0.274. The fraction of sp³-hybridized carbons (Fsp3) is 0.412. The average Bonchev–Trinajstić information content (AvgIpc) is 2.25. The van der Waals surface area contributed by atoms with Gasteiger partial charge in [-0.3, -0.25) is 0 Å². The zero-order chi connectivity index (χ0) is 13.7. The summed E-state index contributed by atoms with van der Waals surface area (Å²) in [4.78, 5) is 0. The number of rotatable bonds is 2. The molecule has 0 unspecified atom stereocenters. The molecule has 1 fully saturated rings. The second kappa shape index (κ2) is 4.06. The van der Waals surface area contributed by atoms with Crippen LogP contribution in [0.25, 0.3) is 10.8 Å². The lowest BCUT2D eigenvalue weighted by atomic mass is 9.65. The summed E-state index contributed by atoms with van der Waals surface area (Å²) in [6, 6.07) is 13.2. The predicted octanol–water partition coefficient (Wildman–Crippen LogP) is 3.15. The van der Waals surface area contributed by atoms with Gasteiger partial charge in [0.25, 0.3) is 0 Å². The molecule has 2 aromatic rings. The highest BCUT2D eigenvalue weighted by molar-refractivity contribution is 5.84. The van der Waals surface area contributed by atoms with Crippen LogP contribution >= 0.6 is 0 Å². The van der Waals surface area contributed by atoms with Gasteiger partial charge in [0.05, 0.1) is 18.6 Å². The number of hydrogen-bond acceptors (Lipinski definition) is 2. The van der Waals surface area contributed by atoms with Gasteiger partial charge in [0.2, 0.25) is 0 Å². The van der Waals surface area contributed by atoms with Crippen molar-refractivity contribution in [3.63, 3.8) is 0 Å². The van der Waals surface area contributed by atoms with Crippen LogP contribution in [-0.4, -0.2) is 18.8 Å². The van der Waals surface area contributed by atoms with Crippen molar-refractivity contribution in [3.05, 3.63) is 47.5 Å². The van der Waals surface area contributed by atoms with Crippen LogP contribution in [0.4, 0.5) is 0 Å². The van der Waals surface area contributed by atoms with Crippen molar-refractivity contribution < 1.29 is 4.74 Å². The molecular weight excluding hydrogens is 234 g/mol. The Balaban J connectivity index is 2.13. The summed E-state index contributed by atoms with van der Waals surface area (Å²) in [5, 5.41) is 2.56. The summed E-state index contributed by atoms with van der Waals surface area (Å²) >= 11 is 0. The fourth-order valence-electron chi connectivity index (χ4n) is 2.88. The molecule has 1 aliphatic heterocycles. The Bertz CT molecular complexity index is 621. The maximum atomic E-state index is 6.40. The Kier molecular flexibility index (Phi) is 2.70. The van der Waals surface area contributed by atoms with Crippen LogP contribution in [0.15, 0.2) is 36.4 Å². The van der Waals surface area contributed by atoms with E-state index < -0.39 is 0 Å². The predicted molar refractivity (Wildman–Crippen MR) is 79.4 cm³/mol. The smallest absolute Gasteiger partial charge is 0.0603 e. The molecule has 0 atom stereocenters. The summed E-state index contributed by atoms with van der Waals surface area (Å²) in [6.45, 7) is 7.74. The highest BCUT2D eigenvalue weighted by Crippen LogP contribution is 2.41. The van der Waals surface area contributed by atoms with Crippen LogP contribution in [0, 0.1) is 6.92 Å². The zero-order valence-electron chi connectivity index (χ0n) is 11.9. The van der Waals surface area contributed by atoms with E-state index >= 15 is 0 Å². The largest absolute Gasteiger partial charge is 0.379 e. The minimum absolute atomic E-state index is 0.0495. The molecule has 2 aromatic carbocycles. The molecule has 3 rings (SSSR count). The fourth-order valence-corrected chi connectivity index (χ4v) is 2.88. The third-order valence-corrected chi connectivity index (χ3v) is 4.48. The summed E-state index contributed by atoms with van der Waals surface area (Å²) in [5.41, 5.74) is 8.66. The summed E-state index contributed by atoms with van der Waals surface area (Å²) < 4.78 is 5.47. The maximum Gasteiger partial charge on any atom is 0.0603 e. The SMILES string of the molecule is Cc1ccc2cc(C3(C(C)(C)N)COC3)ccc2c1. The van der Waals surface area contributed by atoms with E-state index in [2.05, 4.69) is 57.2 Å². The summed E-state index contributed by atoms with van der Waals surface area (Å²) in [6.07, 6.45) is 0. The first-order valence-corrected chi connectivity index (χ1v) is 6.80. The second-order valence-electron chi connectivity index (χ2n) is 6.36. The van der Waals surface area contributed by atoms with Gasteiger partial charge in [0.1, 0.15) is 0 Å². The molecule has 0 radical (unpaired) electrons. The molecule has 1 heterocycles. The molecule has 1 aliphatic rings. The van der Waals surface area contributed by atoms with Gasteiger partial charge in [-0.15, -0.1) is 0 Å². The number of fused-ring (bicyclic) bond motifs is 1. The van der Waals surface area contributed by atoms with Crippen molar-refractivity contribution in [2.75, 3.05) is 13.2 Å². The van der Waals surface area contributed by atoms with E-state index in [9.17, 15) is 0 Å². The van der Waals surface area contributed by atoms with Gasteiger partial charge in [0.15, 0.2) is 0 Å². The van der Waals surface area contributed by atoms with E-state index in [0.717, 1.165) is 0 Å². The van der Waals surface area contributed by atoms with E-state index in [-0.39, 0.29) is 11.0 Å². The van der Waals surface area contributed by atoms with Gasteiger partial charge in [-0.2, -0.15) is 0 Å². The number of aryl methyl sites for hydroxylation is 1. The molecule has 100 valence electrons. The number of ether oxygens (including phenoxy) is 1. The number of hydrogen-bond donors (Lipinski definition) is 1. The van der Waals surface area contributed by atoms with Gasteiger partial charge in [-0.05, 0) is 37.1 Å². The Morgan fingerprint density at radius 2 is 1.68 bits per heavy atom. The third kappa shape index (κ3) is 1.87. The lowest BCUT2D eigenvalue weighted by molar-refractivity contribution is -0.0918. The Morgan fingerprint density at radius 3 is 2.26 bits per heavy atom. The van der Waals surface area contributed by atoms with E-state index in [1.807, 2.05) is 0 Å². The standard InChI is InChI=1S/C17H21NO/c1-12-4-5-14-9-15(7-6-13(14)8-12)17(10-19-11-17)16(2,3)18/h4-9H,10-11,18H2,1-3H3. The molecule has 2 N–H and O–H groups in total. The van der Waals surface area contributed by atoms with Gasteiger partial charge >= 0.3 is 0 Å². The highest BCUT2D eigenvalue weighted by Gasteiger charge is 2.50. The van der Waals surface area contributed by atoms with Crippen LogP contribution in [0.2, 0.25) is 0 Å². The summed E-state index contributed by atoms with van der Waals surface area (Å²) in [7, 11) is 0. The van der Waals surface area contributed by atoms with E-state index in [1.54, 1.807) is 0 Å². The Labute approximate surface area is 114 Å². The van der Waals surface area contributed by atoms with Crippen LogP contribution < -0.4 is 5.73 Å². The van der Waals surface area contributed by atoms with E-state index in [1.165, 1.54) is 21.9 Å². The molecule has 0 bridgehead atoms. The van der Waals surface area contributed by atoms with Crippen molar-refractivity contribution in [1.82, 2.24) is 0 Å². The van der Waals surface area contributed by atoms with Crippen molar-refractivity contribution >= 4 is 10.8 Å². The van der Waals surface area contributed by atoms with Crippen molar-refractivity contribution in [2.24, 2.45) is 5.73 Å². The first kappa shape index (κ1) is 12.6. The molecule has 1 saturated heterocycles. The molecule has 0 aromatic heterocycles. The van der Waals surface area contributed by atoms with Gasteiger partial charge in [0, 0.05) is 5.54 Å². The molecule has 0 spiro atoms. The highest BCUT2D eigenvalue weighted by atomic mass is 16.5. The first-order chi connectivity index (χ1) is 8.92. The Hall–Kier alpha value is -1.38. The minimum Gasteiger partial charge on any atom is -0.379 e. The van der Waals surface area contributed by atoms with Crippen molar-refractivity contribution in [3.8, 4) is 0 Å². The lowest BCUT2D eigenvalue weighted by Gasteiger charge is -2.51. The molecule has 19 heavy (non-hydrogen) atoms. The molecule has 0 aliphatic carbocycles.